The van der Waals surface area contributed by atoms with Gasteiger partial charge in [0.05, 0.1) is 22.8 Å². The first kappa shape index (κ1) is 22.5. The summed E-state index contributed by atoms with van der Waals surface area (Å²) in [6.07, 6.45) is -1.02. The number of carbonyl (C=O) groups is 1. The highest BCUT2D eigenvalue weighted by Crippen LogP contribution is 2.39. The van der Waals surface area contributed by atoms with Crippen LogP contribution >= 0.6 is 35.0 Å². The van der Waals surface area contributed by atoms with Crippen LogP contribution in [0, 0.1) is 0 Å². The Bertz CT molecular complexity index is 868. The summed E-state index contributed by atoms with van der Waals surface area (Å²) in [5, 5.41) is 39.6. The molecule has 0 aliphatic carbocycles. The number of aliphatic hydroxyl groups is 3. The van der Waals surface area contributed by atoms with Crippen molar-refractivity contribution in [1.29, 1.82) is 0 Å². The summed E-state index contributed by atoms with van der Waals surface area (Å²) in [6, 6.07) is 4.02. The van der Waals surface area contributed by atoms with Gasteiger partial charge >= 0.3 is 0 Å². The smallest absolute Gasteiger partial charge is 0.184 e. The highest BCUT2D eigenvalue weighted by Gasteiger charge is 2.46. The van der Waals surface area contributed by atoms with Crippen molar-refractivity contribution in [2.75, 3.05) is 6.61 Å². The van der Waals surface area contributed by atoms with E-state index in [2.05, 4.69) is 10.3 Å². The minimum absolute atomic E-state index is 0.159. The Hall–Kier alpha value is -1.20. The minimum Gasteiger partial charge on any atom is -0.394 e. The zero-order valence-corrected chi connectivity index (χ0v) is 17.8. The number of rotatable bonds is 7. The molecule has 1 aromatic carbocycles. The first-order valence-electron chi connectivity index (χ1n) is 9.04. The van der Waals surface area contributed by atoms with Crippen molar-refractivity contribution in [2.45, 2.75) is 54.5 Å². The number of hydrogen-bond acceptors (Lipinski definition) is 8. The van der Waals surface area contributed by atoms with E-state index in [1.165, 1.54) is 22.6 Å². The molecule has 8 nitrogen and oxygen atoms in total. The Balaban J connectivity index is 1.85. The Kier molecular flexibility index (Phi) is 7.55. The molecule has 2 heterocycles. The van der Waals surface area contributed by atoms with Gasteiger partial charge in [0.1, 0.15) is 35.5 Å². The van der Waals surface area contributed by atoms with Crippen LogP contribution < -0.4 is 0 Å². The van der Waals surface area contributed by atoms with Crippen molar-refractivity contribution in [1.82, 2.24) is 15.0 Å². The van der Waals surface area contributed by atoms with Gasteiger partial charge in [-0.05, 0) is 24.6 Å². The van der Waals surface area contributed by atoms with Crippen molar-refractivity contribution in [3.8, 4) is 0 Å². The van der Waals surface area contributed by atoms with Crippen LogP contribution in [0.1, 0.15) is 36.3 Å². The van der Waals surface area contributed by atoms with Gasteiger partial charge < -0.3 is 20.1 Å². The zero-order chi connectivity index (χ0) is 21.1. The highest BCUT2D eigenvalue weighted by atomic mass is 35.5. The molecule has 5 atom stereocenters. The number of hydrogen-bond donors (Lipinski definition) is 3. The molecule has 0 spiro atoms. The quantitative estimate of drug-likeness (QED) is 0.537. The molecule has 11 heteroatoms. The fourth-order valence-corrected chi connectivity index (χ4v) is 4.53. The standard InChI is InChI=1S/C18H21Cl2N3O5S/c1-2-3-13(25)12-7-23(22-21-12)15-16(26)14(8-24)28-18(17(15)27)29-9-4-5-10(19)11(20)6-9/h4-7,14-18,24,26-27H,2-3,8H2,1H3/t14?,15?,16-,17-,18+/m0/s1. The van der Waals surface area contributed by atoms with Crippen LogP contribution in [0.5, 0.6) is 0 Å². The molecule has 1 saturated heterocycles. The average molecular weight is 462 g/mol. The second kappa shape index (κ2) is 9.74. The lowest BCUT2D eigenvalue weighted by atomic mass is 9.97. The lowest BCUT2D eigenvalue weighted by Crippen LogP contribution is -2.55. The maximum atomic E-state index is 12.1. The Labute approximate surface area is 181 Å². The summed E-state index contributed by atoms with van der Waals surface area (Å²) in [4.78, 5) is 12.7. The summed E-state index contributed by atoms with van der Waals surface area (Å²) in [6.45, 7) is 1.42. The SMILES string of the molecule is CCCC(=O)c1cn(C2[C@@H](O)C(CO)O[C@H](Sc3ccc(Cl)c(Cl)c3)[C@H]2O)nn1. The molecule has 2 unspecified atom stereocenters. The number of thioether (sulfide) groups is 1. The van der Waals surface area contributed by atoms with Crippen LogP contribution in [0.2, 0.25) is 10.0 Å². The highest BCUT2D eigenvalue weighted by molar-refractivity contribution is 7.99. The molecule has 158 valence electrons. The summed E-state index contributed by atoms with van der Waals surface area (Å²) < 4.78 is 6.94. The summed E-state index contributed by atoms with van der Waals surface area (Å²) >= 11 is 13.2. The molecular formula is C18H21Cl2N3O5S. The first-order valence-corrected chi connectivity index (χ1v) is 10.7. The number of nitrogens with zero attached hydrogens (tertiary/aromatic N) is 3. The maximum absolute atomic E-state index is 12.1. The number of aromatic nitrogens is 3. The maximum Gasteiger partial charge on any atom is 0.184 e. The molecule has 1 aliphatic heterocycles. The monoisotopic (exact) mass is 461 g/mol. The topological polar surface area (TPSA) is 118 Å². The molecule has 3 rings (SSSR count). The summed E-state index contributed by atoms with van der Waals surface area (Å²) in [5.74, 6) is -0.171. The van der Waals surface area contributed by atoms with Gasteiger partial charge in [0.25, 0.3) is 0 Å². The van der Waals surface area contributed by atoms with E-state index in [0.29, 0.717) is 27.8 Å². The molecule has 0 amide bonds. The Morgan fingerprint density at radius 3 is 2.69 bits per heavy atom. The third kappa shape index (κ3) is 4.93. The molecular weight excluding hydrogens is 441 g/mol. The van der Waals surface area contributed by atoms with E-state index in [4.69, 9.17) is 27.9 Å². The molecule has 0 bridgehead atoms. The van der Waals surface area contributed by atoms with Crippen molar-refractivity contribution < 1.29 is 24.9 Å². The number of halogens is 2. The largest absolute Gasteiger partial charge is 0.394 e. The lowest BCUT2D eigenvalue weighted by molar-refractivity contribution is -0.178. The first-order chi connectivity index (χ1) is 13.8. The number of carbonyl (C=O) groups excluding carboxylic acids is 1. The molecule has 0 saturated carbocycles. The van der Waals surface area contributed by atoms with Gasteiger partial charge in [-0.3, -0.25) is 4.79 Å². The Morgan fingerprint density at radius 1 is 1.28 bits per heavy atom. The lowest BCUT2D eigenvalue weighted by Gasteiger charge is -2.41. The van der Waals surface area contributed by atoms with Gasteiger partial charge in [-0.25, -0.2) is 4.68 Å². The number of benzene rings is 1. The number of ether oxygens (including phenoxy) is 1. The van der Waals surface area contributed by atoms with Crippen LogP contribution in [-0.2, 0) is 4.74 Å². The van der Waals surface area contributed by atoms with Gasteiger partial charge in [-0.15, -0.1) is 5.10 Å². The summed E-state index contributed by atoms with van der Waals surface area (Å²) in [7, 11) is 0. The van der Waals surface area contributed by atoms with E-state index in [0.717, 1.165) is 0 Å². The van der Waals surface area contributed by atoms with E-state index in [9.17, 15) is 20.1 Å². The normalized spacial score (nSPS) is 27.2. The minimum atomic E-state index is -1.25. The van der Waals surface area contributed by atoms with Crippen molar-refractivity contribution >= 4 is 40.7 Å². The molecule has 2 aromatic rings. The second-order valence-electron chi connectivity index (χ2n) is 6.65. The Morgan fingerprint density at radius 2 is 2.03 bits per heavy atom. The molecule has 29 heavy (non-hydrogen) atoms. The van der Waals surface area contributed by atoms with E-state index >= 15 is 0 Å². The molecule has 0 radical (unpaired) electrons. The van der Waals surface area contributed by atoms with Crippen molar-refractivity contribution in [2.24, 2.45) is 0 Å². The van der Waals surface area contributed by atoms with Crippen LogP contribution in [0.3, 0.4) is 0 Å². The van der Waals surface area contributed by atoms with Crippen LogP contribution in [-0.4, -0.2) is 66.5 Å². The zero-order valence-electron chi connectivity index (χ0n) is 15.5. The number of ketones is 1. The van der Waals surface area contributed by atoms with Crippen molar-refractivity contribution in [3.05, 3.63) is 40.1 Å². The van der Waals surface area contributed by atoms with E-state index in [1.807, 2.05) is 6.92 Å². The number of aliphatic hydroxyl groups excluding tert-OH is 3. The van der Waals surface area contributed by atoms with E-state index in [1.54, 1.807) is 18.2 Å². The molecule has 1 aromatic heterocycles. The third-order valence-electron chi connectivity index (χ3n) is 4.57. The summed E-state index contributed by atoms with van der Waals surface area (Å²) in [5.41, 5.74) is -0.677. The van der Waals surface area contributed by atoms with Gasteiger partial charge in [0, 0.05) is 11.3 Å². The van der Waals surface area contributed by atoms with E-state index < -0.39 is 36.4 Å². The molecule has 1 fully saturated rings. The van der Waals surface area contributed by atoms with Crippen LogP contribution in [0.25, 0.3) is 0 Å². The predicted molar refractivity (Wildman–Crippen MR) is 108 cm³/mol. The van der Waals surface area contributed by atoms with Crippen molar-refractivity contribution in [3.63, 3.8) is 0 Å². The average Bonchev–Trinajstić information content (AvgIpc) is 3.17. The van der Waals surface area contributed by atoms with Gasteiger partial charge in [-0.2, -0.15) is 0 Å². The fraction of sp³-hybridized carbons (Fsp3) is 0.500. The second-order valence-corrected chi connectivity index (χ2v) is 8.63. The van der Waals surface area contributed by atoms with Gasteiger partial charge in [-0.1, -0.05) is 47.1 Å². The fourth-order valence-electron chi connectivity index (χ4n) is 3.07. The van der Waals surface area contributed by atoms with Gasteiger partial charge in [0.2, 0.25) is 0 Å². The third-order valence-corrected chi connectivity index (χ3v) is 6.46. The van der Waals surface area contributed by atoms with Gasteiger partial charge in [0.15, 0.2) is 5.78 Å². The predicted octanol–water partition coefficient (Wildman–Crippen LogP) is 2.34. The van der Waals surface area contributed by atoms with E-state index in [-0.39, 0.29) is 11.5 Å². The molecule has 1 aliphatic rings. The van der Waals surface area contributed by atoms with Crippen LogP contribution in [0.15, 0.2) is 29.3 Å². The van der Waals surface area contributed by atoms with Crippen LogP contribution in [0.4, 0.5) is 0 Å². The number of Topliss-reactive ketones (excluding diaryl/α,β-unsaturated/α-hetero) is 1. The molecule has 3 N–H and O–H groups in total.